The zero-order valence-corrected chi connectivity index (χ0v) is 16.5. The molecule has 0 aromatic heterocycles. The van der Waals surface area contributed by atoms with E-state index in [9.17, 15) is 9.59 Å². The molecule has 0 amide bonds. The van der Waals surface area contributed by atoms with E-state index in [1.54, 1.807) is 0 Å². The highest BCUT2D eigenvalue weighted by atomic mass is 35.5. The summed E-state index contributed by atoms with van der Waals surface area (Å²) >= 11 is 5.18. The molecule has 0 aromatic rings. The standard InChI is InChI=1S/C19H35ClO5/c1-2-3-4-5-6-7-8-9-10-11-12-13-14-15-18(21)24-17-25-19(22)23-16-20/h2-17H2,1H3. The molecular formula is C19H35ClO5. The Bertz CT molecular complexity index is 323. The van der Waals surface area contributed by atoms with Gasteiger partial charge >= 0.3 is 12.1 Å². The van der Waals surface area contributed by atoms with E-state index in [-0.39, 0.29) is 12.0 Å². The number of hydrogen-bond acceptors (Lipinski definition) is 5. The Morgan fingerprint density at radius 2 is 1.16 bits per heavy atom. The SMILES string of the molecule is CCCCCCCCCCCCCCCC(=O)OCOC(=O)OCCl. The average Bonchev–Trinajstić information content (AvgIpc) is 2.59. The van der Waals surface area contributed by atoms with Crippen LogP contribution in [0.15, 0.2) is 0 Å². The van der Waals surface area contributed by atoms with Gasteiger partial charge in [-0.1, -0.05) is 95.6 Å². The third kappa shape index (κ3) is 19.2. The van der Waals surface area contributed by atoms with Crippen LogP contribution in [0.5, 0.6) is 0 Å². The van der Waals surface area contributed by atoms with Crippen molar-refractivity contribution in [1.29, 1.82) is 0 Å². The van der Waals surface area contributed by atoms with Gasteiger partial charge in [-0.2, -0.15) is 0 Å². The number of unbranched alkanes of at least 4 members (excludes halogenated alkanes) is 12. The minimum absolute atomic E-state index is 0.286. The second-order valence-corrected chi connectivity index (χ2v) is 6.49. The van der Waals surface area contributed by atoms with E-state index >= 15 is 0 Å². The normalized spacial score (nSPS) is 10.5. The van der Waals surface area contributed by atoms with E-state index in [2.05, 4.69) is 16.4 Å². The molecule has 25 heavy (non-hydrogen) atoms. The third-order valence-electron chi connectivity index (χ3n) is 4.05. The first-order chi connectivity index (χ1) is 12.2. The lowest BCUT2D eigenvalue weighted by Gasteiger charge is -2.06. The first-order valence-corrected chi connectivity index (χ1v) is 10.2. The van der Waals surface area contributed by atoms with Crippen LogP contribution in [0.4, 0.5) is 4.79 Å². The van der Waals surface area contributed by atoms with Crippen LogP contribution >= 0.6 is 11.6 Å². The molecule has 0 rings (SSSR count). The Morgan fingerprint density at radius 3 is 1.64 bits per heavy atom. The molecule has 0 N–H and O–H groups in total. The van der Waals surface area contributed by atoms with Crippen LogP contribution in [-0.4, -0.2) is 25.0 Å². The summed E-state index contributed by atoms with van der Waals surface area (Å²) in [4.78, 5) is 22.2. The summed E-state index contributed by atoms with van der Waals surface area (Å²) in [7, 11) is 0. The number of alkyl halides is 1. The minimum Gasteiger partial charge on any atom is -0.428 e. The largest absolute Gasteiger partial charge is 0.512 e. The molecule has 0 unspecified atom stereocenters. The topological polar surface area (TPSA) is 61.8 Å². The summed E-state index contributed by atoms with van der Waals surface area (Å²) in [6.07, 6.45) is 15.8. The molecule has 5 nitrogen and oxygen atoms in total. The lowest BCUT2D eigenvalue weighted by molar-refractivity contribution is -0.153. The summed E-state index contributed by atoms with van der Waals surface area (Å²) in [6, 6.07) is -0.286. The average molecular weight is 379 g/mol. The smallest absolute Gasteiger partial charge is 0.428 e. The maximum absolute atomic E-state index is 11.4. The van der Waals surface area contributed by atoms with Gasteiger partial charge in [0.15, 0.2) is 6.07 Å². The van der Waals surface area contributed by atoms with Gasteiger partial charge in [-0.05, 0) is 6.42 Å². The van der Waals surface area contributed by atoms with Crippen LogP contribution < -0.4 is 0 Å². The molecule has 0 aliphatic carbocycles. The van der Waals surface area contributed by atoms with Crippen molar-refractivity contribution in [2.45, 2.75) is 96.8 Å². The predicted molar refractivity (Wildman–Crippen MR) is 99.6 cm³/mol. The van der Waals surface area contributed by atoms with Gasteiger partial charge in [-0.25, -0.2) is 4.79 Å². The number of ether oxygens (including phenoxy) is 3. The fraction of sp³-hybridized carbons (Fsp3) is 0.895. The number of rotatable bonds is 17. The molecular weight excluding hydrogens is 344 g/mol. The number of carbonyl (C=O) groups is 2. The molecule has 0 saturated carbocycles. The second kappa shape index (κ2) is 19.4. The van der Waals surface area contributed by atoms with Crippen molar-refractivity contribution in [3.05, 3.63) is 0 Å². The molecule has 0 bridgehead atoms. The van der Waals surface area contributed by atoms with E-state index in [1.165, 1.54) is 64.2 Å². The number of esters is 1. The van der Waals surface area contributed by atoms with Crippen molar-refractivity contribution in [2.24, 2.45) is 0 Å². The molecule has 148 valence electrons. The van der Waals surface area contributed by atoms with Crippen molar-refractivity contribution >= 4 is 23.7 Å². The van der Waals surface area contributed by atoms with E-state index < -0.39 is 12.9 Å². The molecule has 0 aliphatic heterocycles. The Labute approximate surface area is 157 Å². The second-order valence-electron chi connectivity index (χ2n) is 6.27. The molecule has 0 fully saturated rings. The Hall–Kier alpha value is -0.970. The quantitative estimate of drug-likeness (QED) is 0.128. The molecule has 0 aromatic carbocycles. The van der Waals surface area contributed by atoms with E-state index in [4.69, 9.17) is 16.3 Å². The van der Waals surface area contributed by atoms with Gasteiger partial charge in [0, 0.05) is 6.42 Å². The van der Waals surface area contributed by atoms with Gasteiger partial charge in [0.05, 0.1) is 0 Å². The fourth-order valence-corrected chi connectivity index (χ4v) is 2.68. The van der Waals surface area contributed by atoms with Gasteiger partial charge in [0.25, 0.3) is 0 Å². The summed E-state index contributed by atoms with van der Waals surface area (Å²) in [5, 5.41) is 0. The van der Waals surface area contributed by atoms with Crippen molar-refractivity contribution in [3.63, 3.8) is 0 Å². The first-order valence-electron chi connectivity index (χ1n) is 9.71. The lowest BCUT2D eigenvalue weighted by Crippen LogP contribution is -2.13. The number of halogens is 1. The molecule has 0 spiro atoms. The number of hydrogen-bond donors (Lipinski definition) is 0. The predicted octanol–water partition coefficient (Wildman–Crippen LogP) is 6.32. The molecule has 0 radical (unpaired) electrons. The van der Waals surface area contributed by atoms with E-state index in [0.717, 1.165) is 19.3 Å². The van der Waals surface area contributed by atoms with Gasteiger partial charge in [0.2, 0.25) is 6.79 Å². The van der Waals surface area contributed by atoms with Crippen LogP contribution in [0.2, 0.25) is 0 Å². The first kappa shape index (κ1) is 24.0. The number of carbonyl (C=O) groups excluding carboxylic acids is 2. The van der Waals surface area contributed by atoms with E-state index in [1.807, 2.05) is 0 Å². The highest BCUT2D eigenvalue weighted by Gasteiger charge is 2.06. The Morgan fingerprint density at radius 1 is 0.680 bits per heavy atom. The van der Waals surface area contributed by atoms with Crippen molar-refractivity contribution in [1.82, 2.24) is 0 Å². The highest BCUT2D eigenvalue weighted by Crippen LogP contribution is 2.13. The van der Waals surface area contributed by atoms with E-state index in [0.29, 0.717) is 6.42 Å². The van der Waals surface area contributed by atoms with Gasteiger partial charge < -0.3 is 14.2 Å². The highest BCUT2D eigenvalue weighted by molar-refractivity contribution is 6.17. The van der Waals surface area contributed by atoms with Crippen LogP contribution in [0.1, 0.15) is 96.8 Å². The molecule has 0 heterocycles. The maximum atomic E-state index is 11.4. The summed E-state index contributed by atoms with van der Waals surface area (Å²) < 4.78 is 13.6. The Balaban J connectivity index is 3.19. The molecule has 0 aliphatic rings. The zero-order chi connectivity index (χ0) is 18.6. The third-order valence-corrected chi connectivity index (χ3v) is 4.16. The molecule has 0 saturated heterocycles. The fourth-order valence-electron chi connectivity index (χ4n) is 2.59. The van der Waals surface area contributed by atoms with Crippen molar-refractivity contribution in [2.75, 3.05) is 12.9 Å². The van der Waals surface area contributed by atoms with Crippen LogP contribution in [-0.2, 0) is 19.0 Å². The lowest BCUT2D eigenvalue weighted by atomic mass is 10.0. The molecule has 0 atom stereocenters. The summed E-state index contributed by atoms with van der Waals surface area (Å²) in [6.45, 7) is 1.83. The van der Waals surface area contributed by atoms with Gasteiger partial charge in [-0.15, -0.1) is 0 Å². The summed E-state index contributed by atoms with van der Waals surface area (Å²) in [5.74, 6) is -0.359. The van der Waals surface area contributed by atoms with Crippen molar-refractivity contribution < 1.29 is 23.8 Å². The van der Waals surface area contributed by atoms with Gasteiger partial charge in [-0.3, -0.25) is 4.79 Å². The maximum Gasteiger partial charge on any atom is 0.512 e. The van der Waals surface area contributed by atoms with Crippen LogP contribution in [0, 0.1) is 0 Å². The van der Waals surface area contributed by atoms with Crippen molar-refractivity contribution in [3.8, 4) is 0 Å². The van der Waals surface area contributed by atoms with Gasteiger partial charge in [0.1, 0.15) is 0 Å². The zero-order valence-electron chi connectivity index (χ0n) is 15.7. The van der Waals surface area contributed by atoms with Crippen LogP contribution in [0.3, 0.4) is 0 Å². The minimum atomic E-state index is -0.941. The Kier molecular flexibility index (Phi) is 18.6. The molecule has 6 heteroatoms. The summed E-state index contributed by atoms with van der Waals surface area (Å²) in [5.41, 5.74) is 0. The van der Waals surface area contributed by atoms with Crippen LogP contribution in [0.25, 0.3) is 0 Å². The monoisotopic (exact) mass is 378 g/mol.